The molecule has 0 aliphatic rings. The second-order valence-corrected chi connectivity index (χ2v) is 3.18. The van der Waals surface area contributed by atoms with Crippen molar-refractivity contribution >= 4 is 11.8 Å². The quantitative estimate of drug-likeness (QED) is 0.689. The van der Waals surface area contributed by atoms with Gasteiger partial charge in [0.1, 0.15) is 0 Å². The lowest BCUT2D eigenvalue weighted by Crippen LogP contribution is -2.21. The monoisotopic (exact) mass is 204 g/mol. The standard InChI is InChI=1S/C12H16N2O/c1-3-14(4-2)12-7-5-11(6-8-12)9-10-13-15/h5-10H,3-4H2,1-2H3/b10-9+. The van der Waals surface area contributed by atoms with Crippen LogP contribution in [0.4, 0.5) is 5.69 Å². The van der Waals surface area contributed by atoms with Crippen molar-refractivity contribution in [2.75, 3.05) is 18.0 Å². The van der Waals surface area contributed by atoms with Gasteiger partial charge < -0.3 is 4.90 Å². The van der Waals surface area contributed by atoms with Crippen molar-refractivity contribution in [1.82, 2.24) is 0 Å². The smallest absolute Gasteiger partial charge is 0.0720 e. The molecule has 1 aromatic carbocycles. The van der Waals surface area contributed by atoms with Crippen molar-refractivity contribution in [2.45, 2.75) is 13.8 Å². The molecule has 0 aliphatic carbocycles. The Balaban J connectivity index is 2.79. The molecule has 1 rings (SSSR count). The minimum Gasteiger partial charge on any atom is -0.372 e. The summed E-state index contributed by atoms with van der Waals surface area (Å²) in [6, 6.07) is 8.07. The van der Waals surface area contributed by atoms with Crippen molar-refractivity contribution in [3.63, 3.8) is 0 Å². The van der Waals surface area contributed by atoms with Gasteiger partial charge in [0.2, 0.25) is 0 Å². The van der Waals surface area contributed by atoms with E-state index in [0.717, 1.165) is 18.7 Å². The van der Waals surface area contributed by atoms with Gasteiger partial charge in [-0.25, -0.2) is 0 Å². The Bertz CT molecular complexity index is 326. The highest BCUT2D eigenvalue weighted by Gasteiger charge is 1.99. The van der Waals surface area contributed by atoms with Crippen molar-refractivity contribution in [2.24, 2.45) is 5.18 Å². The highest BCUT2D eigenvalue weighted by molar-refractivity contribution is 5.55. The number of nitrogens with zero attached hydrogens (tertiary/aromatic N) is 2. The van der Waals surface area contributed by atoms with E-state index in [1.807, 2.05) is 12.1 Å². The minimum atomic E-state index is 0.991. The van der Waals surface area contributed by atoms with Crippen molar-refractivity contribution in [3.8, 4) is 0 Å². The summed E-state index contributed by atoms with van der Waals surface area (Å²) in [4.78, 5) is 12.2. The highest BCUT2D eigenvalue weighted by atomic mass is 16.2. The first-order chi connectivity index (χ1) is 7.31. The maximum atomic E-state index is 9.90. The van der Waals surface area contributed by atoms with E-state index < -0.39 is 0 Å². The molecule has 0 amide bonds. The van der Waals surface area contributed by atoms with Crippen LogP contribution in [0.25, 0.3) is 6.08 Å². The molecular formula is C12H16N2O. The summed E-state index contributed by atoms with van der Waals surface area (Å²) in [5, 5.41) is 2.68. The lowest BCUT2D eigenvalue weighted by molar-refractivity contribution is 0.866. The van der Waals surface area contributed by atoms with Crippen LogP contribution < -0.4 is 4.90 Å². The molecule has 3 nitrogen and oxygen atoms in total. The fourth-order valence-corrected chi connectivity index (χ4v) is 1.50. The molecule has 0 aromatic heterocycles. The fraction of sp³-hybridized carbons (Fsp3) is 0.333. The van der Waals surface area contributed by atoms with Crippen molar-refractivity contribution < 1.29 is 0 Å². The Morgan fingerprint density at radius 1 is 1.20 bits per heavy atom. The molecule has 15 heavy (non-hydrogen) atoms. The van der Waals surface area contributed by atoms with Gasteiger partial charge in [-0.2, -0.15) is 0 Å². The molecule has 0 spiro atoms. The first-order valence-corrected chi connectivity index (χ1v) is 5.15. The van der Waals surface area contributed by atoms with Crippen LogP contribution in [0, 0.1) is 4.91 Å². The molecule has 0 bridgehead atoms. The first kappa shape index (κ1) is 11.4. The van der Waals surface area contributed by atoms with Gasteiger partial charge in [0, 0.05) is 18.8 Å². The van der Waals surface area contributed by atoms with Crippen LogP contribution in [0.3, 0.4) is 0 Å². The SMILES string of the molecule is CCN(CC)c1ccc(/C=C/N=O)cc1. The summed E-state index contributed by atoms with van der Waals surface area (Å²) >= 11 is 0. The van der Waals surface area contributed by atoms with Crippen LogP contribution in [0.15, 0.2) is 35.6 Å². The molecular weight excluding hydrogens is 188 g/mol. The fourth-order valence-electron chi connectivity index (χ4n) is 1.50. The Labute approximate surface area is 90.4 Å². The minimum absolute atomic E-state index is 0.991. The lowest BCUT2D eigenvalue weighted by Gasteiger charge is -2.20. The second-order valence-electron chi connectivity index (χ2n) is 3.18. The summed E-state index contributed by atoms with van der Waals surface area (Å²) in [6.07, 6.45) is 2.95. The summed E-state index contributed by atoms with van der Waals surface area (Å²) in [7, 11) is 0. The van der Waals surface area contributed by atoms with Gasteiger partial charge in [0.25, 0.3) is 0 Å². The average Bonchev–Trinajstić information content (AvgIpc) is 2.29. The maximum Gasteiger partial charge on any atom is 0.0720 e. The van der Waals surface area contributed by atoms with Crippen LogP contribution in [0.2, 0.25) is 0 Å². The molecule has 0 unspecified atom stereocenters. The average molecular weight is 204 g/mol. The van der Waals surface area contributed by atoms with Crippen LogP contribution in [0.1, 0.15) is 19.4 Å². The van der Waals surface area contributed by atoms with Gasteiger partial charge in [0.05, 0.1) is 6.20 Å². The van der Waals surface area contributed by atoms with E-state index in [9.17, 15) is 4.91 Å². The van der Waals surface area contributed by atoms with Gasteiger partial charge in [-0.3, -0.25) is 0 Å². The zero-order valence-electron chi connectivity index (χ0n) is 9.18. The number of benzene rings is 1. The van der Waals surface area contributed by atoms with Crippen LogP contribution in [0.5, 0.6) is 0 Å². The van der Waals surface area contributed by atoms with E-state index in [2.05, 4.69) is 36.1 Å². The third-order valence-corrected chi connectivity index (χ3v) is 2.35. The van der Waals surface area contributed by atoms with E-state index in [1.54, 1.807) is 6.08 Å². The van der Waals surface area contributed by atoms with E-state index in [1.165, 1.54) is 11.9 Å². The molecule has 0 aliphatic heterocycles. The van der Waals surface area contributed by atoms with Crippen LogP contribution in [-0.2, 0) is 0 Å². The Hall–Kier alpha value is -1.64. The highest BCUT2D eigenvalue weighted by Crippen LogP contribution is 2.15. The number of rotatable bonds is 5. The normalized spacial score (nSPS) is 10.5. The third-order valence-electron chi connectivity index (χ3n) is 2.35. The maximum absolute atomic E-state index is 9.90. The van der Waals surface area contributed by atoms with Crippen molar-refractivity contribution in [3.05, 3.63) is 40.9 Å². The zero-order valence-corrected chi connectivity index (χ0v) is 9.18. The second kappa shape index (κ2) is 5.96. The molecule has 0 radical (unpaired) electrons. The zero-order chi connectivity index (χ0) is 11.1. The first-order valence-electron chi connectivity index (χ1n) is 5.15. The van der Waals surface area contributed by atoms with Gasteiger partial charge in [0.15, 0.2) is 0 Å². The van der Waals surface area contributed by atoms with E-state index in [4.69, 9.17) is 0 Å². The molecule has 80 valence electrons. The number of hydrogen-bond acceptors (Lipinski definition) is 3. The third kappa shape index (κ3) is 3.20. The topological polar surface area (TPSA) is 32.7 Å². The number of nitroso groups, excluding NO2 is 1. The van der Waals surface area contributed by atoms with Crippen LogP contribution in [-0.4, -0.2) is 13.1 Å². The number of anilines is 1. The van der Waals surface area contributed by atoms with Gasteiger partial charge in [-0.05, 0) is 42.8 Å². The van der Waals surface area contributed by atoms with Gasteiger partial charge in [-0.15, -0.1) is 4.91 Å². The largest absolute Gasteiger partial charge is 0.372 e. The molecule has 0 N–H and O–H groups in total. The van der Waals surface area contributed by atoms with Crippen molar-refractivity contribution in [1.29, 1.82) is 0 Å². The van der Waals surface area contributed by atoms with Gasteiger partial charge >= 0.3 is 0 Å². The van der Waals surface area contributed by atoms with E-state index >= 15 is 0 Å². The summed E-state index contributed by atoms with van der Waals surface area (Å²) in [5.74, 6) is 0. The lowest BCUT2D eigenvalue weighted by atomic mass is 10.2. The summed E-state index contributed by atoms with van der Waals surface area (Å²) < 4.78 is 0. The molecule has 0 saturated heterocycles. The molecule has 3 heteroatoms. The molecule has 0 heterocycles. The van der Waals surface area contributed by atoms with Gasteiger partial charge in [-0.1, -0.05) is 12.1 Å². The van der Waals surface area contributed by atoms with Crippen LogP contribution >= 0.6 is 0 Å². The number of hydrogen-bond donors (Lipinski definition) is 0. The molecule has 0 fully saturated rings. The predicted octanol–water partition coefficient (Wildman–Crippen LogP) is 3.27. The summed E-state index contributed by atoms with van der Waals surface area (Å²) in [5.41, 5.74) is 2.20. The Kier molecular flexibility index (Phi) is 4.54. The Morgan fingerprint density at radius 3 is 2.27 bits per heavy atom. The molecule has 0 saturated carbocycles. The predicted molar refractivity (Wildman–Crippen MR) is 64.8 cm³/mol. The van der Waals surface area contributed by atoms with E-state index in [-0.39, 0.29) is 0 Å². The van der Waals surface area contributed by atoms with E-state index in [0.29, 0.717) is 0 Å². The molecule has 0 atom stereocenters. The summed E-state index contributed by atoms with van der Waals surface area (Å²) in [6.45, 7) is 6.27. The molecule has 1 aromatic rings. The Morgan fingerprint density at radius 2 is 1.80 bits per heavy atom.